The van der Waals surface area contributed by atoms with Crippen LogP contribution in [0, 0.1) is 0 Å². The van der Waals surface area contributed by atoms with Crippen LogP contribution in [0.5, 0.6) is 0 Å². The molecule has 2 rings (SSSR count). The molecule has 5 heteroatoms. The van der Waals surface area contributed by atoms with Crippen LogP contribution in [0.2, 0.25) is 0 Å². The molecule has 0 aromatic rings. The third-order valence-corrected chi connectivity index (χ3v) is 3.14. The zero-order chi connectivity index (χ0) is 10.7. The largest absolute Gasteiger partial charge is 0.330 e. The second kappa shape index (κ2) is 4.47. The number of hydrogen-bond acceptors (Lipinski definition) is 4. The number of carbonyl (C=O) groups is 1. The van der Waals surface area contributed by atoms with Crippen molar-refractivity contribution in [3.63, 3.8) is 0 Å². The fraction of sp³-hybridized carbons (Fsp3) is 0.900. The van der Waals surface area contributed by atoms with Crippen molar-refractivity contribution >= 4 is 5.91 Å². The lowest BCUT2D eigenvalue weighted by Crippen LogP contribution is -2.42. The van der Waals surface area contributed by atoms with E-state index in [0.29, 0.717) is 19.5 Å². The summed E-state index contributed by atoms with van der Waals surface area (Å²) in [5.41, 5.74) is 5.21. The Morgan fingerprint density at radius 1 is 1.47 bits per heavy atom. The summed E-state index contributed by atoms with van der Waals surface area (Å²) >= 11 is 0. The van der Waals surface area contributed by atoms with Crippen LogP contribution in [0.25, 0.3) is 0 Å². The molecule has 86 valence electrons. The van der Waals surface area contributed by atoms with E-state index in [2.05, 4.69) is 5.32 Å². The molecule has 1 amide bonds. The highest BCUT2D eigenvalue weighted by atomic mass is 16.7. The Hall–Kier alpha value is -0.650. The highest BCUT2D eigenvalue weighted by Crippen LogP contribution is 2.34. The first-order valence-corrected chi connectivity index (χ1v) is 5.66. The highest BCUT2D eigenvalue weighted by Gasteiger charge is 2.45. The van der Waals surface area contributed by atoms with Gasteiger partial charge >= 0.3 is 0 Å². The van der Waals surface area contributed by atoms with Crippen LogP contribution in [-0.2, 0) is 9.63 Å². The Labute approximate surface area is 89.9 Å². The number of nitrogens with two attached hydrogens (primary N) is 1. The summed E-state index contributed by atoms with van der Waals surface area (Å²) in [6.07, 6.45) is 3.20. The Balaban J connectivity index is 1.92. The summed E-state index contributed by atoms with van der Waals surface area (Å²) in [5.74, 6) is 0.116. The maximum Gasteiger partial charge on any atom is 0.249 e. The molecule has 2 saturated heterocycles. The first-order valence-electron chi connectivity index (χ1n) is 5.66. The number of hydrogen-bond donors (Lipinski definition) is 2. The van der Waals surface area contributed by atoms with E-state index in [-0.39, 0.29) is 11.5 Å². The van der Waals surface area contributed by atoms with Gasteiger partial charge in [0.1, 0.15) is 5.60 Å². The number of amides is 1. The van der Waals surface area contributed by atoms with E-state index in [0.717, 1.165) is 32.4 Å². The van der Waals surface area contributed by atoms with E-state index in [1.165, 1.54) is 5.06 Å². The molecule has 0 bridgehead atoms. The van der Waals surface area contributed by atoms with Crippen LogP contribution in [0.3, 0.4) is 0 Å². The predicted octanol–water partition coefficient (Wildman–Crippen LogP) is -0.379. The summed E-state index contributed by atoms with van der Waals surface area (Å²) in [7, 11) is 0. The molecule has 0 aromatic carbocycles. The lowest BCUT2D eigenvalue weighted by atomic mass is 9.90. The van der Waals surface area contributed by atoms with Gasteiger partial charge < -0.3 is 11.1 Å². The van der Waals surface area contributed by atoms with Gasteiger partial charge in [0.05, 0.1) is 6.42 Å². The number of piperidine rings is 1. The molecular weight excluding hydrogens is 194 g/mol. The lowest BCUT2D eigenvalue weighted by molar-refractivity contribution is -0.205. The van der Waals surface area contributed by atoms with Gasteiger partial charge in [-0.2, -0.15) is 0 Å². The Morgan fingerprint density at radius 3 is 2.87 bits per heavy atom. The molecular formula is C10H19N3O2. The molecule has 0 radical (unpaired) electrons. The molecule has 2 aliphatic rings. The van der Waals surface area contributed by atoms with Gasteiger partial charge in [-0.05, 0) is 38.9 Å². The Bertz CT molecular complexity index is 239. The van der Waals surface area contributed by atoms with Gasteiger partial charge in [0.15, 0.2) is 0 Å². The fourth-order valence-electron chi connectivity index (χ4n) is 2.24. The van der Waals surface area contributed by atoms with Gasteiger partial charge in [0.25, 0.3) is 0 Å². The second-order valence-electron chi connectivity index (χ2n) is 4.34. The van der Waals surface area contributed by atoms with E-state index < -0.39 is 0 Å². The maximum atomic E-state index is 11.7. The summed E-state index contributed by atoms with van der Waals surface area (Å²) in [5, 5.41) is 4.79. The SMILES string of the molecule is NCCCN1OC2(CCNCC2)CC1=O. The van der Waals surface area contributed by atoms with Crippen LogP contribution in [-0.4, -0.2) is 42.8 Å². The van der Waals surface area contributed by atoms with Crippen LogP contribution in [0.1, 0.15) is 25.7 Å². The quantitative estimate of drug-likeness (QED) is 0.670. The van der Waals surface area contributed by atoms with Crippen molar-refractivity contribution in [3.05, 3.63) is 0 Å². The normalized spacial score (nSPS) is 25.1. The molecule has 5 nitrogen and oxygen atoms in total. The van der Waals surface area contributed by atoms with Crippen LogP contribution in [0.15, 0.2) is 0 Å². The van der Waals surface area contributed by atoms with Crippen molar-refractivity contribution in [2.24, 2.45) is 5.73 Å². The minimum Gasteiger partial charge on any atom is -0.330 e. The highest BCUT2D eigenvalue weighted by molar-refractivity contribution is 5.78. The van der Waals surface area contributed by atoms with Crippen LogP contribution < -0.4 is 11.1 Å². The Kier molecular flexibility index (Phi) is 3.23. The minimum absolute atomic E-state index is 0.116. The molecule has 0 atom stereocenters. The van der Waals surface area contributed by atoms with Crippen molar-refractivity contribution in [1.82, 2.24) is 10.4 Å². The summed E-state index contributed by atoms with van der Waals surface area (Å²) in [6, 6.07) is 0. The molecule has 0 aliphatic carbocycles. The minimum atomic E-state index is -0.211. The zero-order valence-electron chi connectivity index (χ0n) is 9.00. The lowest BCUT2D eigenvalue weighted by Gasteiger charge is -2.32. The molecule has 0 unspecified atom stereocenters. The molecule has 1 spiro atoms. The number of hydroxylamine groups is 2. The predicted molar refractivity (Wildman–Crippen MR) is 55.9 cm³/mol. The fourth-order valence-corrected chi connectivity index (χ4v) is 2.24. The topological polar surface area (TPSA) is 67.6 Å². The van der Waals surface area contributed by atoms with Crippen molar-refractivity contribution in [2.75, 3.05) is 26.2 Å². The third-order valence-electron chi connectivity index (χ3n) is 3.14. The smallest absolute Gasteiger partial charge is 0.249 e. The van der Waals surface area contributed by atoms with Gasteiger partial charge in [-0.1, -0.05) is 0 Å². The van der Waals surface area contributed by atoms with E-state index in [4.69, 9.17) is 10.6 Å². The standard InChI is InChI=1S/C10H19N3O2/c11-4-1-7-13-9(14)8-10(15-13)2-5-12-6-3-10/h12H,1-8,11H2. The first kappa shape index (κ1) is 10.9. The number of nitrogens with one attached hydrogen (secondary N) is 1. The van der Waals surface area contributed by atoms with Crippen molar-refractivity contribution in [3.8, 4) is 0 Å². The van der Waals surface area contributed by atoms with Gasteiger partial charge in [-0.25, -0.2) is 5.06 Å². The van der Waals surface area contributed by atoms with E-state index in [9.17, 15) is 4.79 Å². The average molecular weight is 213 g/mol. The molecule has 0 saturated carbocycles. The van der Waals surface area contributed by atoms with Crippen molar-refractivity contribution in [1.29, 1.82) is 0 Å². The summed E-state index contributed by atoms with van der Waals surface area (Å²) in [6.45, 7) is 3.11. The molecule has 2 fully saturated rings. The second-order valence-corrected chi connectivity index (χ2v) is 4.34. The number of carbonyl (C=O) groups excluding carboxylic acids is 1. The maximum absolute atomic E-state index is 11.7. The molecule has 0 aromatic heterocycles. The molecule has 2 aliphatic heterocycles. The molecule has 3 N–H and O–H groups in total. The monoisotopic (exact) mass is 213 g/mol. The van der Waals surface area contributed by atoms with Gasteiger partial charge in [-0.3, -0.25) is 9.63 Å². The van der Waals surface area contributed by atoms with Gasteiger partial charge in [-0.15, -0.1) is 0 Å². The van der Waals surface area contributed by atoms with Crippen LogP contribution >= 0.6 is 0 Å². The average Bonchev–Trinajstić information content (AvgIpc) is 2.53. The summed E-state index contributed by atoms with van der Waals surface area (Å²) in [4.78, 5) is 17.5. The molecule has 2 heterocycles. The van der Waals surface area contributed by atoms with Crippen molar-refractivity contribution < 1.29 is 9.63 Å². The van der Waals surface area contributed by atoms with Gasteiger partial charge in [0.2, 0.25) is 5.91 Å². The summed E-state index contributed by atoms with van der Waals surface area (Å²) < 4.78 is 0. The first-order chi connectivity index (χ1) is 7.26. The van der Waals surface area contributed by atoms with Crippen molar-refractivity contribution in [2.45, 2.75) is 31.3 Å². The number of nitrogens with zero attached hydrogens (tertiary/aromatic N) is 1. The molecule has 15 heavy (non-hydrogen) atoms. The van der Waals surface area contributed by atoms with Gasteiger partial charge in [0, 0.05) is 6.54 Å². The van der Waals surface area contributed by atoms with E-state index in [1.54, 1.807) is 0 Å². The third kappa shape index (κ3) is 2.30. The Morgan fingerprint density at radius 2 is 2.20 bits per heavy atom. The zero-order valence-corrected chi connectivity index (χ0v) is 9.00. The van der Waals surface area contributed by atoms with E-state index >= 15 is 0 Å². The van der Waals surface area contributed by atoms with E-state index in [1.807, 2.05) is 0 Å². The van der Waals surface area contributed by atoms with Crippen LogP contribution in [0.4, 0.5) is 0 Å². The number of rotatable bonds is 3.